The molecule has 7 nitrogen and oxygen atoms in total. The van der Waals surface area contributed by atoms with E-state index in [1.807, 2.05) is 0 Å². The van der Waals surface area contributed by atoms with E-state index in [1.165, 1.54) is 6.92 Å². The van der Waals surface area contributed by atoms with Crippen LogP contribution in [0.2, 0.25) is 0 Å². The number of rotatable bonds is 7. The van der Waals surface area contributed by atoms with Crippen LogP contribution in [0, 0.1) is 0 Å². The highest BCUT2D eigenvalue weighted by Gasteiger charge is 2.20. The summed E-state index contributed by atoms with van der Waals surface area (Å²) >= 11 is 0. The van der Waals surface area contributed by atoms with Crippen LogP contribution >= 0.6 is 0 Å². The SMILES string of the molecule is CC(=O)N[C@@H](CO)C(=O)N[C@H](C=O)CC=O. The average molecular weight is 230 g/mol. The third-order valence-electron chi connectivity index (χ3n) is 1.72. The lowest BCUT2D eigenvalue weighted by atomic mass is 10.2. The van der Waals surface area contributed by atoms with Crippen LogP contribution in [0.5, 0.6) is 0 Å². The van der Waals surface area contributed by atoms with Gasteiger partial charge in [-0.1, -0.05) is 0 Å². The van der Waals surface area contributed by atoms with E-state index in [1.54, 1.807) is 0 Å². The highest BCUT2D eigenvalue weighted by Crippen LogP contribution is 1.89. The molecular formula is C9H14N2O5. The molecule has 0 fully saturated rings. The van der Waals surface area contributed by atoms with Crippen molar-refractivity contribution in [1.82, 2.24) is 10.6 Å². The molecule has 0 rings (SSSR count). The molecule has 0 bridgehead atoms. The van der Waals surface area contributed by atoms with E-state index < -0.39 is 30.5 Å². The standard InChI is InChI=1S/C9H14N2O5/c1-6(15)10-8(5-14)9(16)11-7(4-13)2-3-12/h3-4,7-8,14H,2,5H2,1H3,(H,10,15)(H,11,16)/t7-,8-/m0/s1. The lowest BCUT2D eigenvalue weighted by Crippen LogP contribution is -2.51. The van der Waals surface area contributed by atoms with Crippen LogP contribution in [0.1, 0.15) is 13.3 Å². The first-order chi connectivity index (χ1) is 7.54. The number of hydrogen-bond acceptors (Lipinski definition) is 5. The predicted octanol–water partition coefficient (Wildman–Crippen LogP) is -2.24. The maximum Gasteiger partial charge on any atom is 0.245 e. The number of hydrogen-bond donors (Lipinski definition) is 3. The fourth-order valence-electron chi connectivity index (χ4n) is 0.975. The summed E-state index contributed by atoms with van der Waals surface area (Å²) in [6.45, 7) is 0.608. The number of carbonyl (C=O) groups excluding carboxylic acids is 4. The highest BCUT2D eigenvalue weighted by atomic mass is 16.3. The van der Waals surface area contributed by atoms with Crippen molar-refractivity contribution in [3.8, 4) is 0 Å². The molecule has 7 heteroatoms. The molecule has 0 saturated carbocycles. The minimum atomic E-state index is -1.12. The third-order valence-corrected chi connectivity index (χ3v) is 1.72. The van der Waals surface area contributed by atoms with Gasteiger partial charge >= 0.3 is 0 Å². The summed E-state index contributed by atoms with van der Waals surface area (Å²) in [5.74, 6) is -1.19. The third kappa shape index (κ3) is 5.20. The molecule has 0 aromatic carbocycles. The molecule has 0 aromatic heterocycles. The van der Waals surface area contributed by atoms with Crippen LogP contribution < -0.4 is 10.6 Å². The van der Waals surface area contributed by atoms with Crippen molar-refractivity contribution in [1.29, 1.82) is 0 Å². The zero-order chi connectivity index (χ0) is 12.6. The van der Waals surface area contributed by atoms with E-state index in [9.17, 15) is 19.2 Å². The van der Waals surface area contributed by atoms with Gasteiger partial charge in [0, 0.05) is 13.3 Å². The van der Waals surface area contributed by atoms with Gasteiger partial charge < -0.3 is 25.3 Å². The van der Waals surface area contributed by atoms with Crippen LogP contribution in [-0.4, -0.2) is 48.2 Å². The second-order valence-electron chi connectivity index (χ2n) is 3.09. The second kappa shape index (κ2) is 7.52. The molecule has 0 heterocycles. The van der Waals surface area contributed by atoms with Crippen LogP contribution in [-0.2, 0) is 19.2 Å². The fraction of sp³-hybridized carbons (Fsp3) is 0.556. The molecule has 90 valence electrons. The maximum atomic E-state index is 11.4. The molecule has 16 heavy (non-hydrogen) atoms. The van der Waals surface area contributed by atoms with E-state index in [-0.39, 0.29) is 6.42 Å². The molecule has 0 saturated heterocycles. The molecule has 0 spiro atoms. The minimum absolute atomic E-state index is 0.145. The normalized spacial score (nSPS) is 13.4. The predicted molar refractivity (Wildman–Crippen MR) is 53.4 cm³/mol. The largest absolute Gasteiger partial charge is 0.394 e. The average Bonchev–Trinajstić information content (AvgIpc) is 2.24. The number of aliphatic hydroxyl groups excluding tert-OH is 1. The first-order valence-corrected chi connectivity index (χ1v) is 4.62. The van der Waals surface area contributed by atoms with Gasteiger partial charge in [0.1, 0.15) is 18.6 Å². The van der Waals surface area contributed by atoms with Crippen molar-refractivity contribution in [3.63, 3.8) is 0 Å². The first-order valence-electron chi connectivity index (χ1n) is 4.62. The molecule has 0 aliphatic carbocycles. The molecule has 0 radical (unpaired) electrons. The molecule has 0 aromatic rings. The minimum Gasteiger partial charge on any atom is -0.394 e. The van der Waals surface area contributed by atoms with E-state index in [0.29, 0.717) is 12.6 Å². The maximum absolute atomic E-state index is 11.4. The highest BCUT2D eigenvalue weighted by molar-refractivity contribution is 5.88. The van der Waals surface area contributed by atoms with E-state index in [0.717, 1.165) is 0 Å². The zero-order valence-corrected chi connectivity index (χ0v) is 8.80. The number of aliphatic hydroxyl groups is 1. The number of amides is 2. The molecule has 0 unspecified atom stereocenters. The van der Waals surface area contributed by atoms with Gasteiger partial charge in [-0.15, -0.1) is 0 Å². The Hall–Kier alpha value is -1.76. The topological polar surface area (TPSA) is 113 Å². The number of aldehydes is 2. The van der Waals surface area contributed by atoms with Gasteiger partial charge in [-0.3, -0.25) is 9.59 Å². The van der Waals surface area contributed by atoms with Crippen LogP contribution in [0.4, 0.5) is 0 Å². The Bertz CT molecular complexity index is 279. The summed E-state index contributed by atoms with van der Waals surface area (Å²) in [6, 6.07) is -2.06. The summed E-state index contributed by atoms with van der Waals surface area (Å²) in [5, 5.41) is 13.2. The smallest absolute Gasteiger partial charge is 0.245 e. The fourth-order valence-corrected chi connectivity index (χ4v) is 0.975. The van der Waals surface area contributed by atoms with Crippen LogP contribution in [0.3, 0.4) is 0 Å². The first kappa shape index (κ1) is 14.2. The van der Waals surface area contributed by atoms with E-state index in [4.69, 9.17) is 5.11 Å². The quantitative estimate of drug-likeness (QED) is 0.428. The van der Waals surface area contributed by atoms with Crippen molar-refractivity contribution < 1.29 is 24.3 Å². The van der Waals surface area contributed by atoms with Gasteiger partial charge in [0.05, 0.1) is 12.6 Å². The summed E-state index contributed by atoms with van der Waals surface area (Å²) in [5.41, 5.74) is 0. The zero-order valence-electron chi connectivity index (χ0n) is 8.80. The molecule has 0 aliphatic heterocycles. The Balaban J connectivity index is 4.33. The molecule has 2 atom stereocenters. The Morgan fingerprint density at radius 3 is 2.31 bits per heavy atom. The van der Waals surface area contributed by atoms with E-state index in [2.05, 4.69) is 10.6 Å². The molecular weight excluding hydrogens is 216 g/mol. The van der Waals surface area contributed by atoms with Crippen molar-refractivity contribution in [3.05, 3.63) is 0 Å². The summed E-state index contributed by atoms with van der Waals surface area (Å²) < 4.78 is 0. The summed E-state index contributed by atoms with van der Waals surface area (Å²) in [4.78, 5) is 42.6. The Labute approximate surface area is 92.2 Å². The van der Waals surface area contributed by atoms with Gasteiger partial charge in [-0.2, -0.15) is 0 Å². The van der Waals surface area contributed by atoms with Crippen LogP contribution in [0.25, 0.3) is 0 Å². The van der Waals surface area contributed by atoms with Crippen molar-refractivity contribution in [2.24, 2.45) is 0 Å². The lowest BCUT2D eigenvalue weighted by Gasteiger charge is -2.17. The Kier molecular flexibility index (Phi) is 6.69. The van der Waals surface area contributed by atoms with Gasteiger partial charge in [-0.25, -0.2) is 0 Å². The Morgan fingerprint density at radius 1 is 1.31 bits per heavy atom. The molecule has 2 amide bonds. The van der Waals surface area contributed by atoms with Gasteiger partial charge in [-0.05, 0) is 0 Å². The number of carbonyl (C=O) groups is 4. The van der Waals surface area contributed by atoms with Crippen molar-refractivity contribution >= 4 is 24.4 Å². The monoisotopic (exact) mass is 230 g/mol. The van der Waals surface area contributed by atoms with Crippen LogP contribution in [0.15, 0.2) is 0 Å². The second-order valence-corrected chi connectivity index (χ2v) is 3.09. The van der Waals surface area contributed by atoms with Crippen molar-refractivity contribution in [2.75, 3.05) is 6.61 Å². The van der Waals surface area contributed by atoms with Gasteiger partial charge in [0.2, 0.25) is 11.8 Å². The summed E-state index contributed by atoms with van der Waals surface area (Å²) in [6.07, 6.45) is 0.758. The summed E-state index contributed by atoms with van der Waals surface area (Å²) in [7, 11) is 0. The molecule has 3 N–H and O–H groups in total. The van der Waals surface area contributed by atoms with Gasteiger partial charge in [0.25, 0.3) is 0 Å². The molecule has 0 aliphatic rings. The number of nitrogens with one attached hydrogen (secondary N) is 2. The van der Waals surface area contributed by atoms with E-state index >= 15 is 0 Å². The van der Waals surface area contributed by atoms with Crippen molar-refractivity contribution in [2.45, 2.75) is 25.4 Å². The lowest BCUT2D eigenvalue weighted by molar-refractivity contribution is -0.130. The Morgan fingerprint density at radius 2 is 1.94 bits per heavy atom. The van der Waals surface area contributed by atoms with Gasteiger partial charge in [0.15, 0.2) is 0 Å².